The molecule has 4 nitrogen and oxygen atoms in total. The molecule has 120 valence electrons. The van der Waals surface area contributed by atoms with Crippen molar-refractivity contribution in [3.05, 3.63) is 53.7 Å². The molecule has 1 fully saturated rings. The first-order valence-corrected chi connectivity index (χ1v) is 8.17. The molecule has 0 radical (unpaired) electrons. The summed E-state index contributed by atoms with van der Waals surface area (Å²) in [5, 5.41) is 2.97. The Kier molecular flexibility index (Phi) is 5.03. The molecule has 0 saturated carbocycles. The molecule has 0 spiro atoms. The van der Waals surface area contributed by atoms with E-state index in [1.54, 1.807) is 0 Å². The molecule has 4 heteroatoms. The number of benzene rings is 1. The van der Waals surface area contributed by atoms with Gasteiger partial charge in [-0.15, -0.1) is 0 Å². The third-order valence-electron chi connectivity index (χ3n) is 4.18. The minimum Gasteiger partial charge on any atom is -0.378 e. The summed E-state index contributed by atoms with van der Waals surface area (Å²) in [6.45, 7) is 3.37. The van der Waals surface area contributed by atoms with Crippen LogP contribution in [-0.4, -0.2) is 30.1 Å². The van der Waals surface area contributed by atoms with Crippen molar-refractivity contribution < 1.29 is 9.53 Å². The zero-order valence-corrected chi connectivity index (χ0v) is 13.4. The van der Waals surface area contributed by atoms with Gasteiger partial charge < -0.3 is 10.1 Å². The van der Waals surface area contributed by atoms with Crippen LogP contribution in [0.1, 0.15) is 35.3 Å². The molecule has 1 aliphatic rings. The van der Waals surface area contributed by atoms with Crippen molar-refractivity contribution in [2.45, 2.75) is 32.3 Å². The molecule has 0 bridgehead atoms. The highest BCUT2D eigenvalue weighted by Crippen LogP contribution is 2.19. The standard InChI is InChI=1S/C19H22N2O2/c1-14-17(19(22)20-12-11-16-8-5-13-23-16)9-10-18(21-14)15-6-3-2-4-7-15/h2-4,6-7,9-10,16H,5,8,11-13H2,1H3,(H,20,22)/t16-/m0/s1. The molecule has 1 saturated heterocycles. The molecule has 2 heterocycles. The molecule has 1 aliphatic heterocycles. The van der Waals surface area contributed by atoms with Crippen molar-refractivity contribution >= 4 is 5.91 Å². The molecule has 0 unspecified atom stereocenters. The lowest BCUT2D eigenvalue weighted by Gasteiger charge is -2.11. The maximum Gasteiger partial charge on any atom is 0.253 e. The van der Waals surface area contributed by atoms with Crippen LogP contribution in [0.25, 0.3) is 11.3 Å². The van der Waals surface area contributed by atoms with Crippen molar-refractivity contribution in [3.63, 3.8) is 0 Å². The zero-order valence-electron chi connectivity index (χ0n) is 13.4. The number of amides is 1. The number of hydrogen-bond donors (Lipinski definition) is 1. The van der Waals surface area contributed by atoms with Crippen LogP contribution in [-0.2, 0) is 4.74 Å². The van der Waals surface area contributed by atoms with Gasteiger partial charge in [-0.2, -0.15) is 0 Å². The van der Waals surface area contributed by atoms with E-state index in [4.69, 9.17) is 4.74 Å². The van der Waals surface area contributed by atoms with Crippen LogP contribution >= 0.6 is 0 Å². The largest absolute Gasteiger partial charge is 0.378 e. The van der Waals surface area contributed by atoms with Gasteiger partial charge in [0.05, 0.1) is 23.1 Å². The maximum atomic E-state index is 12.3. The van der Waals surface area contributed by atoms with E-state index < -0.39 is 0 Å². The van der Waals surface area contributed by atoms with Crippen molar-refractivity contribution in [2.75, 3.05) is 13.2 Å². The van der Waals surface area contributed by atoms with Gasteiger partial charge in [-0.25, -0.2) is 0 Å². The van der Waals surface area contributed by atoms with Gasteiger partial charge >= 0.3 is 0 Å². The van der Waals surface area contributed by atoms with Gasteiger partial charge in [0.2, 0.25) is 0 Å². The minimum absolute atomic E-state index is 0.0624. The number of ether oxygens (including phenoxy) is 1. The van der Waals surface area contributed by atoms with Crippen molar-refractivity contribution in [1.29, 1.82) is 0 Å². The van der Waals surface area contributed by atoms with E-state index in [1.807, 2.05) is 49.4 Å². The van der Waals surface area contributed by atoms with E-state index in [1.165, 1.54) is 0 Å². The zero-order chi connectivity index (χ0) is 16.1. The van der Waals surface area contributed by atoms with E-state index in [2.05, 4.69) is 10.3 Å². The van der Waals surface area contributed by atoms with Gasteiger partial charge in [-0.3, -0.25) is 9.78 Å². The summed E-state index contributed by atoms with van der Waals surface area (Å²) < 4.78 is 5.57. The summed E-state index contributed by atoms with van der Waals surface area (Å²) in [4.78, 5) is 16.9. The number of pyridine rings is 1. The first kappa shape index (κ1) is 15.7. The molecule has 1 aromatic carbocycles. The van der Waals surface area contributed by atoms with Gasteiger partial charge in [0.15, 0.2) is 0 Å². The number of carbonyl (C=O) groups is 1. The average molecular weight is 310 g/mol. The molecule has 1 N–H and O–H groups in total. The van der Waals surface area contributed by atoms with E-state index >= 15 is 0 Å². The molecule has 1 atom stereocenters. The second-order valence-corrected chi connectivity index (χ2v) is 5.88. The fourth-order valence-electron chi connectivity index (χ4n) is 2.88. The highest BCUT2D eigenvalue weighted by Gasteiger charge is 2.16. The summed E-state index contributed by atoms with van der Waals surface area (Å²) in [6.07, 6.45) is 3.40. The van der Waals surface area contributed by atoms with E-state index in [-0.39, 0.29) is 5.91 Å². The predicted molar refractivity (Wildman–Crippen MR) is 90.3 cm³/mol. The molecule has 23 heavy (non-hydrogen) atoms. The van der Waals surface area contributed by atoms with Gasteiger partial charge in [0, 0.05) is 18.7 Å². The van der Waals surface area contributed by atoms with Crippen LogP contribution in [0.5, 0.6) is 0 Å². The normalized spacial score (nSPS) is 17.2. The van der Waals surface area contributed by atoms with Gasteiger partial charge in [-0.05, 0) is 38.3 Å². The lowest BCUT2D eigenvalue weighted by Crippen LogP contribution is -2.27. The minimum atomic E-state index is -0.0624. The number of rotatable bonds is 5. The van der Waals surface area contributed by atoms with Crippen LogP contribution in [0.4, 0.5) is 0 Å². The summed E-state index contributed by atoms with van der Waals surface area (Å²) >= 11 is 0. The maximum absolute atomic E-state index is 12.3. The van der Waals surface area contributed by atoms with Gasteiger partial charge in [-0.1, -0.05) is 30.3 Å². The quantitative estimate of drug-likeness (QED) is 0.921. The molecule has 1 amide bonds. The Balaban J connectivity index is 1.62. The summed E-state index contributed by atoms with van der Waals surface area (Å²) in [7, 11) is 0. The Labute approximate surface area is 136 Å². The molecule has 2 aromatic rings. The fourth-order valence-corrected chi connectivity index (χ4v) is 2.88. The number of nitrogens with one attached hydrogen (secondary N) is 1. The number of hydrogen-bond acceptors (Lipinski definition) is 3. The molecule has 1 aromatic heterocycles. The van der Waals surface area contributed by atoms with E-state index in [0.29, 0.717) is 18.2 Å². The van der Waals surface area contributed by atoms with Crippen molar-refractivity contribution in [3.8, 4) is 11.3 Å². The third kappa shape index (κ3) is 3.96. The van der Waals surface area contributed by atoms with Crippen LogP contribution in [0.15, 0.2) is 42.5 Å². The van der Waals surface area contributed by atoms with Crippen LogP contribution < -0.4 is 5.32 Å². The van der Waals surface area contributed by atoms with Gasteiger partial charge in [0.25, 0.3) is 5.91 Å². The Morgan fingerprint density at radius 2 is 2.09 bits per heavy atom. The smallest absolute Gasteiger partial charge is 0.253 e. The SMILES string of the molecule is Cc1nc(-c2ccccc2)ccc1C(=O)NCC[C@@H]1CCCO1. The van der Waals surface area contributed by atoms with Crippen molar-refractivity contribution in [2.24, 2.45) is 0 Å². The van der Waals surface area contributed by atoms with E-state index in [0.717, 1.165) is 42.8 Å². The Bertz CT molecular complexity index is 664. The van der Waals surface area contributed by atoms with Gasteiger partial charge in [0.1, 0.15) is 0 Å². The summed E-state index contributed by atoms with van der Waals surface area (Å²) in [5.74, 6) is -0.0624. The Morgan fingerprint density at radius 1 is 1.26 bits per heavy atom. The van der Waals surface area contributed by atoms with Crippen LogP contribution in [0.2, 0.25) is 0 Å². The second kappa shape index (κ2) is 7.38. The number of aryl methyl sites for hydroxylation is 1. The predicted octanol–water partition coefficient (Wildman–Crippen LogP) is 3.36. The molecule has 0 aliphatic carbocycles. The highest BCUT2D eigenvalue weighted by molar-refractivity contribution is 5.95. The first-order chi connectivity index (χ1) is 11.2. The Hall–Kier alpha value is -2.20. The third-order valence-corrected chi connectivity index (χ3v) is 4.18. The summed E-state index contributed by atoms with van der Waals surface area (Å²) in [6, 6.07) is 13.7. The summed E-state index contributed by atoms with van der Waals surface area (Å²) in [5.41, 5.74) is 3.33. The average Bonchev–Trinajstić information content (AvgIpc) is 3.09. The molecular formula is C19H22N2O2. The fraction of sp³-hybridized carbons (Fsp3) is 0.368. The monoisotopic (exact) mass is 310 g/mol. The number of aromatic nitrogens is 1. The van der Waals surface area contributed by atoms with Crippen LogP contribution in [0.3, 0.4) is 0 Å². The number of nitrogens with zero attached hydrogens (tertiary/aromatic N) is 1. The highest BCUT2D eigenvalue weighted by atomic mass is 16.5. The lowest BCUT2D eigenvalue weighted by atomic mass is 10.1. The number of carbonyl (C=O) groups excluding carboxylic acids is 1. The second-order valence-electron chi connectivity index (χ2n) is 5.88. The van der Waals surface area contributed by atoms with Crippen LogP contribution in [0, 0.1) is 6.92 Å². The van der Waals surface area contributed by atoms with E-state index in [9.17, 15) is 4.79 Å². The Morgan fingerprint density at radius 3 is 2.78 bits per heavy atom. The topological polar surface area (TPSA) is 51.2 Å². The van der Waals surface area contributed by atoms with Crippen molar-refractivity contribution in [1.82, 2.24) is 10.3 Å². The molecular weight excluding hydrogens is 288 g/mol. The lowest BCUT2D eigenvalue weighted by molar-refractivity contribution is 0.0906. The molecule has 3 rings (SSSR count). The first-order valence-electron chi connectivity index (χ1n) is 8.17.